The smallest absolute Gasteiger partial charge is 0.337 e. The van der Waals surface area contributed by atoms with Crippen LogP contribution < -0.4 is 0 Å². The highest BCUT2D eigenvalue weighted by atomic mass is 16.5. The molecule has 1 aliphatic rings. The number of carboxylic acids is 1. The highest BCUT2D eigenvalue weighted by Gasteiger charge is 2.35. The fourth-order valence-electron chi connectivity index (χ4n) is 5.08. The minimum atomic E-state index is -1.11. The molecule has 6 heteroatoms. The van der Waals surface area contributed by atoms with Crippen LogP contribution in [0.2, 0.25) is 0 Å². The van der Waals surface area contributed by atoms with Crippen LogP contribution in [0.5, 0.6) is 0 Å². The number of aliphatic carboxylic acids is 1. The number of hydrogen-bond donors (Lipinski definition) is 1. The standard InChI is InChI=1S/C30H34N2O4/c1-18-7-9-21(10-8-18)25-20(3)24-17-32(28(33)22-11-14-31-15-12-22)16-13-23(24)19(2)26(25)27(29(34)35)36-30(4,5)6/h7-12,14-15,27H,13,16-17H2,1-6H3,(H,34,35)/t27-/m0/s1. The monoisotopic (exact) mass is 486 g/mol. The molecule has 0 bridgehead atoms. The van der Waals surface area contributed by atoms with Gasteiger partial charge in [-0.3, -0.25) is 9.78 Å². The molecule has 0 aliphatic carbocycles. The number of amides is 1. The normalized spacial score (nSPS) is 14.3. The Hall–Kier alpha value is -3.51. The molecule has 2 heterocycles. The molecular weight excluding hydrogens is 452 g/mol. The second-order valence-electron chi connectivity index (χ2n) is 10.5. The molecule has 6 nitrogen and oxygen atoms in total. The highest BCUT2D eigenvalue weighted by molar-refractivity contribution is 5.94. The molecule has 0 saturated carbocycles. The van der Waals surface area contributed by atoms with Crippen molar-refractivity contribution in [3.8, 4) is 11.1 Å². The van der Waals surface area contributed by atoms with Crippen LogP contribution in [0.3, 0.4) is 0 Å². The first-order valence-corrected chi connectivity index (χ1v) is 12.3. The third-order valence-electron chi connectivity index (χ3n) is 6.81. The van der Waals surface area contributed by atoms with Gasteiger partial charge in [0.05, 0.1) is 5.60 Å². The van der Waals surface area contributed by atoms with E-state index in [0.29, 0.717) is 30.6 Å². The molecule has 1 atom stereocenters. The lowest BCUT2D eigenvalue weighted by Gasteiger charge is -2.35. The number of benzene rings is 2. The quantitative estimate of drug-likeness (QED) is 0.492. The van der Waals surface area contributed by atoms with E-state index in [2.05, 4.69) is 4.98 Å². The maximum atomic E-state index is 13.2. The Kier molecular flexibility index (Phi) is 7.01. The number of pyridine rings is 1. The van der Waals surface area contributed by atoms with Gasteiger partial charge in [-0.2, -0.15) is 0 Å². The van der Waals surface area contributed by atoms with Crippen LogP contribution in [0.1, 0.15) is 70.6 Å². The zero-order valence-corrected chi connectivity index (χ0v) is 21.9. The van der Waals surface area contributed by atoms with E-state index in [9.17, 15) is 14.7 Å². The van der Waals surface area contributed by atoms with E-state index in [-0.39, 0.29) is 5.91 Å². The fourth-order valence-corrected chi connectivity index (χ4v) is 5.08. The molecule has 0 radical (unpaired) electrons. The fraction of sp³-hybridized carbons (Fsp3) is 0.367. The molecule has 4 rings (SSSR count). The van der Waals surface area contributed by atoms with E-state index in [4.69, 9.17) is 4.74 Å². The van der Waals surface area contributed by atoms with Gasteiger partial charge in [0, 0.05) is 36.6 Å². The number of fused-ring (bicyclic) bond motifs is 1. The predicted molar refractivity (Wildman–Crippen MR) is 140 cm³/mol. The van der Waals surface area contributed by atoms with Gasteiger partial charge >= 0.3 is 5.97 Å². The number of carboxylic acid groups (broad SMARTS) is 1. The summed E-state index contributed by atoms with van der Waals surface area (Å²) in [6.07, 6.45) is 2.80. The van der Waals surface area contributed by atoms with Crippen molar-refractivity contribution in [1.82, 2.24) is 9.88 Å². The van der Waals surface area contributed by atoms with Gasteiger partial charge in [-0.05, 0) is 93.5 Å². The van der Waals surface area contributed by atoms with Crippen molar-refractivity contribution in [3.63, 3.8) is 0 Å². The van der Waals surface area contributed by atoms with Crippen LogP contribution in [0.25, 0.3) is 11.1 Å². The lowest BCUT2D eigenvalue weighted by atomic mass is 9.80. The van der Waals surface area contributed by atoms with Crippen molar-refractivity contribution < 1.29 is 19.4 Å². The van der Waals surface area contributed by atoms with Crippen LogP contribution >= 0.6 is 0 Å². The zero-order valence-electron chi connectivity index (χ0n) is 21.9. The van der Waals surface area contributed by atoms with Gasteiger partial charge in [0.1, 0.15) is 0 Å². The van der Waals surface area contributed by atoms with E-state index in [0.717, 1.165) is 38.9 Å². The zero-order chi connectivity index (χ0) is 26.2. The summed E-state index contributed by atoms with van der Waals surface area (Å²) in [6, 6.07) is 11.6. The Balaban J connectivity index is 1.90. The van der Waals surface area contributed by atoms with Crippen LogP contribution in [0, 0.1) is 20.8 Å². The van der Waals surface area contributed by atoms with Gasteiger partial charge < -0.3 is 14.7 Å². The Morgan fingerprint density at radius 3 is 2.19 bits per heavy atom. The van der Waals surface area contributed by atoms with Gasteiger partial charge in [-0.25, -0.2) is 4.79 Å². The largest absolute Gasteiger partial charge is 0.479 e. The molecule has 0 spiro atoms. The minimum absolute atomic E-state index is 0.0273. The highest BCUT2D eigenvalue weighted by Crippen LogP contribution is 2.42. The van der Waals surface area contributed by atoms with E-state index >= 15 is 0 Å². The van der Waals surface area contributed by atoms with E-state index < -0.39 is 17.7 Å². The van der Waals surface area contributed by atoms with Gasteiger partial charge in [-0.1, -0.05) is 29.8 Å². The van der Waals surface area contributed by atoms with Crippen molar-refractivity contribution in [1.29, 1.82) is 0 Å². The number of aryl methyl sites for hydroxylation is 1. The van der Waals surface area contributed by atoms with Crippen molar-refractivity contribution in [2.45, 2.75) is 66.2 Å². The second-order valence-corrected chi connectivity index (χ2v) is 10.5. The first-order chi connectivity index (χ1) is 17.0. The van der Waals surface area contributed by atoms with Gasteiger partial charge in [-0.15, -0.1) is 0 Å². The topological polar surface area (TPSA) is 79.7 Å². The van der Waals surface area contributed by atoms with Crippen LogP contribution in [-0.2, 0) is 22.5 Å². The third-order valence-corrected chi connectivity index (χ3v) is 6.81. The Bertz CT molecular complexity index is 1290. The number of carbonyl (C=O) groups excluding carboxylic acids is 1. The van der Waals surface area contributed by atoms with Crippen LogP contribution in [0.4, 0.5) is 0 Å². The number of carbonyl (C=O) groups is 2. The average Bonchev–Trinajstić information content (AvgIpc) is 2.84. The number of aromatic nitrogens is 1. The minimum Gasteiger partial charge on any atom is -0.479 e. The number of ether oxygens (including phenoxy) is 1. The third kappa shape index (κ3) is 5.05. The van der Waals surface area contributed by atoms with E-state index in [1.807, 2.05) is 70.7 Å². The molecular formula is C30H34N2O4. The summed E-state index contributed by atoms with van der Waals surface area (Å²) in [5, 5.41) is 10.3. The lowest BCUT2D eigenvalue weighted by molar-refractivity contribution is -0.160. The molecule has 1 amide bonds. The Morgan fingerprint density at radius 1 is 0.972 bits per heavy atom. The molecule has 36 heavy (non-hydrogen) atoms. The molecule has 3 aromatic rings. The summed E-state index contributed by atoms with van der Waals surface area (Å²) < 4.78 is 6.15. The maximum absolute atomic E-state index is 13.2. The summed E-state index contributed by atoms with van der Waals surface area (Å²) in [4.78, 5) is 31.7. The SMILES string of the molecule is Cc1ccc(-c2c(C)c3c(c(C)c2[C@H](OC(C)(C)C)C(=O)O)CCN(C(=O)c2ccncc2)C3)cc1. The molecule has 1 aliphatic heterocycles. The predicted octanol–water partition coefficient (Wildman–Crippen LogP) is 5.81. The molecule has 0 unspecified atom stereocenters. The Labute approximate surface area is 212 Å². The Morgan fingerprint density at radius 2 is 1.61 bits per heavy atom. The van der Waals surface area contributed by atoms with Gasteiger partial charge in [0.25, 0.3) is 5.91 Å². The maximum Gasteiger partial charge on any atom is 0.337 e. The lowest BCUT2D eigenvalue weighted by Crippen LogP contribution is -2.37. The number of hydrogen-bond acceptors (Lipinski definition) is 4. The molecule has 188 valence electrons. The van der Waals surface area contributed by atoms with Crippen LogP contribution in [-0.4, -0.2) is 39.0 Å². The summed E-state index contributed by atoms with van der Waals surface area (Å²) in [5.41, 5.74) is 7.74. The summed E-state index contributed by atoms with van der Waals surface area (Å²) in [6.45, 7) is 12.7. The summed E-state index contributed by atoms with van der Waals surface area (Å²) >= 11 is 0. The average molecular weight is 487 g/mol. The molecule has 1 N–H and O–H groups in total. The van der Waals surface area contributed by atoms with Gasteiger partial charge in [0.2, 0.25) is 0 Å². The molecule has 1 aromatic heterocycles. The molecule has 0 saturated heterocycles. The molecule has 2 aromatic carbocycles. The van der Waals surface area contributed by atoms with E-state index in [1.165, 1.54) is 0 Å². The number of rotatable bonds is 5. The van der Waals surface area contributed by atoms with Crippen molar-refractivity contribution in [2.24, 2.45) is 0 Å². The summed E-state index contributed by atoms with van der Waals surface area (Å²) in [7, 11) is 0. The van der Waals surface area contributed by atoms with Crippen molar-refractivity contribution in [3.05, 3.63) is 87.7 Å². The van der Waals surface area contributed by atoms with Crippen molar-refractivity contribution >= 4 is 11.9 Å². The second kappa shape index (κ2) is 9.86. The molecule has 0 fully saturated rings. The first-order valence-electron chi connectivity index (χ1n) is 12.3. The van der Waals surface area contributed by atoms with E-state index in [1.54, 1.807) is 24.5 Å². The first kappa shape index (κ1) is 25.6. The van der Waals surface area contributed by atoms with Crippen LogP contribution in [0.15, 0.2) is 48.8 Å². The van der Waals surface area contributed by atoms with Crippen molar-refractivity contribution in [2.75, 3.05) is 6.54 Å². The number of nitrogens with zero attached hydrogens (tertiary/aromatic N) is 2. The van der Waals surface area contributed by atoms with Gasteiger partial charge in [0.15, 0.2) is 6.10 Å². The summed E-state index contributed by atoms with van der Waals surface area (Å²) in [5.74, 6) is -1.04.